The largest absolute Gasteiger partial charge is 0.379 e. The molecule has 1 aliphatic rings. The van der Waals surface area contributed by atoms with Gasteiger partial charge in [-0.25, -0.2) is 8.42 Å². The minimum absolute atomic E-state index is 0.173. The molecule has 6 nitrogen and oxygen atoms in total. The predicted molar refractivity (Wildman–Crippen MR) is 98.1 cm³/mol. The molecule has 0 spiro atoms. The lowest BCUT2D eigenvalue weighted by Crippen LogP contribution is -2.40. The Labute approximate surface area is 155 Å². The third kappa shape index (κ3) is 4.09. The van der Waals surface area contributed by atoms with E-state index in [9.17, 15) is 13.2 Å². The van der Waals surface area contributed by atoms with Crippen molar-refractivity contribution >= 4 is 37.5 Å². The number of hydrogen-bond donors (Lipinski definition) is 1. The maximum Gasteiger partial charge on any atom is 0.255 e. The first-order valence-corrected chi connectivity index (χ1v) is 9.95. The Bertz CT molecular complexity index is 862. The second-order valence-corrected chi connectivity index (χ2v) is 8.27. The summed E-state index contributed by atoms with van der Waals surface area (Å²) in [4.78, 5) is 12.5. The summed E-state index contributed by atoms with van der Waals surface area (Å²) in [5.41, 5.74) is 1.04. The molecule has 1 fully saturated rings. The highest BCUT2D eigenvalue weighted by Crippen LogP contribution is 2.22. The van der Waals surface area contributed by atoms with Crippen LogP contribution in [0.3, 0.4) is 0 Å². The zero-order valence-electron chi connectivity index (χ0n) is 13.3. The molecule has 2 aromatic carbocycles. The van der Waals surface area contributed by atoms with Crippen molar-refractivity contribution in [2.24, 2.45) is 0 Å². The predicted octanol–water partition coefficient (Wildman–Crippen LogP) is 2.72. The van der Waals surface area contributed by atoms with Crippen LogP contribution in [0.2, 0.25) is 0 Å². The van der Waals surface area contributed by atoms with Crippen molar-refractivity contribution in [1.29, 1.82) is 0 Å². The van der Waals surface area contributed by atoms with Crippen LogP contribution in [0.25, 0.3) is 0 Å². The number of anilines is 1. The van der Waals surface area contributed by atoms with Gasteiger partial charge in [-0.2, -0.15) is 4.31 Å². The number of carbonyl (C=O) groups excluding carboxylic acids is 1. The molecule has 0 unspecified atom stereocenters. The molecule has 0 bridgehead atoms. The van der Waals surface area contributed by atoms with E-state index in [1.165, 1.54) is 28.6 Å². The smallest absolute Gasteiger partial charge is 0.255 e. The molecule has 1 saturated heterocycles. The van der Waals surface area contributed by atoms with Crippen LogP contribution in [0.5, 0.6) is 0 Å². The lowest BCUT2D eigenvalue weighted by atomic mass is 10.2. The third-order valence-corrected chi connectivity index (χ3v) is 6.45. The number of amides is 1. The molecule has 1 N–H and O–H groups in total. The second kappa shape index (κ2) is 7.65. The summed E-state index contributed by atoms with van der Waals surface area (Å²) in [5.74, 6) is -0.303. The van der Waals surface area contributed by atoms with Crippen LogP contribution in [0.1, 0.15) is 10.4 Å². The average Bonchev–Trinajstić information content (AvgIpc) is 2.64. The van der Waals surface area contributed by atoms with Gasteiger partial charge in [-0.05, 0) is 52.3 Å². The second-order valence-electron chi connectivity index (χ2n) is 5.47. The van der Waals surface area contributed by atoms with Crippen molar-refractivity contribution in [3.63, 3.8) is 0 Å². The van der Waals surface area contributed by atoms with Gasteiger partial charge in [0.1, 0.15) is 0 Å². The van der Waals surface area contributed by atoms with Gasteiger partial charge in [0.25, 0.3) is 5.91 Å². The number of nitrogens with one attached hydrogen (secondary N) is 1. The van der Waals surface area contributed by atoms with Crippen LogP contribution in [0.4, 0.5) is 5.69 Å². The molecule has 1 amide bonds. The molecule has 0 aliphatic carbocycles. The molecular weight excluding hydrogens is 408 g/mol. The fourth-order valence-electron chi connectivity index (χ4n) is 2.47. The van der Waals surface area contributed by atoms with E-state index in [1.807, 2.05) is 18.2 Å². The molecule has 0 radical (unpaired) electrons. The molecule has 0 saturated carbocycles. The first-order chi connectivity index (χ1) is 12.0. The van der Waals surface area contributed by atoms with Crippen molar-refractivity contribution in [3.05, 3.63) is 58.6 Å². The number of rotatable bonds is 4. The van der Waals surface area contributed by atoms with Gasteiger partial charge >= 0.3 is 0 Å². The molecular formula is C17H17BrN2O4S. The number of morpholine rings is 1. The molecule has 1 heterocycles. The van der Waals surface area contributed by atoms with Gasteiger partial charge < -0.3 is 10.1 Å². The highest BCUT2D eigenvalue weighted by atomic mass is 79.9. The molecule has 8 heteroatoms. The van der Waals surface area contributed by atoms with E-state index >= 15 is 0 Å². The lowest BCUT2D eigenvalue weighted by molar-refractivity contribution is 0.0730. The topological polar surface area (TPSA) is 75.7 Å². The van der Waals surface area contributed by atoms with Crippen molar-refractivity contribution in [1.82, 2.24) is 4.31 Å². The minimum Gasteiger partial charge on any atom is -0.379 e. The summed E-state index contributed by atoms with van der Waals surface area (Å²) in [6, 6.07) is 13.2. The first kappa shape index (κ1) is 18.1. The Kier molecular flexibility index (Phi) is 5.53. The van der Waals surface area contributed by atoms with E-state index in [0.717, 1.165) is 4.47 Å². The van der Waals surface area contributed by atoms with E-state index in [2.05, 4.69) is 21.2 Å². The van der Waals surface area contributed by atoms with Crippen molar-refractivity contribution in [3.8, 4) is 0 Å². The van der Waals surface area contributed by atoms with Gasteiger partial charge in [-0.15, -0.1) is 0 Å². The molecule has 1 aliphatic heterocycles. The Morgan fingerprint density at radius 2 is 1.68 bits per heavy atom. The molecule has 3 rings (SSSR count). The first-order valence-electron chi connectivity index (χ1n) is 7.72. The SMILES string of the molecule is O=C(Nc1ccccc1Br)c1ccc(S(=O)(=O)N2CCOCC2)cc1. The molecule has 132 valence electrons. The summed E-state index contributed by atoms with van der Waals surface area (Å²) in [6.45, 7) is 1.47. The number of sulfonamides is 1. The average molecular weight is 425 g/mol. The summed E-state index contributed by atoms with van der Waals surface area (Å²) in [5, 5.41) is 2.79. The van der Waals surface area contributed by atoms with Crippen LogP contribution >= 0.6 is 15.9 Å². The molecule has 2 aromatic rings. The Morgan fingerprint density at radius 1 is 1.04 bits per heavy atom. The van der Waals surface area contributed by atoms with Crippen molar-refractivity contribution in [2.45, 2.75) is 4.90 Å². The highest BCUT2D eigenvalue weighted by molar-refractivity contribution is 9.10. The van der Waals surface area contributed by atoms with Crippen LogP contribution in [-0.4, -0.2) is 44.9 Å². The normalized spacial score (nSPS) is 15.7. The minimum atomic E-state index is -3.56. The molecule has 25 heavy (non-hydrogen) atoms. The number of ether oxygens (including phenoxy) is 1. The summed E-state index contributed by atoms with van der Waals surface area (Å²) < 4.78 is 32.5. The van der Waals surface area contributed by atoms with Crippen LogP contribution < -0.4 is 5.32 Å². The maximum atomic E-state index is 12.6. The summed E-state index contributed by atoms with van der Waals surface area (Å²) >= 11 is 3.37. The van der Waals surface area contributed by atoms with Gasteiger partial charge in [0.15, 0.2) is 0 Å². The fraction of sp³-hybridized carbons (Fsp3) is 0.235. The maximum absolute atomic E-state index is 12.6. The van der Waals surface area contributed by atoms with Crippen LogP contribution in [0, 0.1) is 0 Å². The fourth-order valence-corrected chi connectivity index (χ4v) is 4.26. The number of hydrogen-bond acceptors (Lipinski definition) is 4. The van der Waals surface area contributed by atoms with Crippen molar-refractivity contribution in [2.75, 3.05) is 31.6 Å². The van der Waals surface area contributed by atoms with Crippen molar-refractivity contribution < 1.29 is 17.9 Å². The lowest BCUT2D eigenvalue weighted by Gasteiger charge is -2.26. The zero-order chi connectivity index (χ0) is 17.9. The van der Waals surface area contributed by atoms with Gasteiger partial charge in [-0.1, -0.05) is 12.1 Å². The third-order valence-electron chi connectivity index (χ3n) is 3.85. The van der Waals surface area contributed by atoms with E-state index in [4.69, 9.17) is 4.74 Å². The van der Waals surface area contributed by atoms with E-state index in [-0.39, 0.29) is 10.8 Å². The van der Waals surface area contributed by atoms with Gasteiger partial charge in [0, 0.05) is 23.1 Å². The molecule has 0 aromatic heterocycles. The van der Waals surface area contributed by atoms with E-state index < -0.39 is 10.0 Å². The summed E-state index contributed by atoms with van der Waals surface area (Å²) in [7, 11) is -3.56. The van der Waals surface area contributed by atoms with Crippen LogP contribution in [-0.2, 0) is 14.8 Å². The number of carbonyl (C=O) groups is 1. The van der Waals surface area contributed by atoms with Gasteiger partial charge in [-0.3, -0.25) is 4.79 Å². The Morgan fingerprint density at radius 3 is 2.32 bits per heavy atom. The Hall–Kier alpha value is -1.74. The van der Waals surface area contributed by atoms with Gasteiger partial charge in [0.05, 0.1) is 23.8 Å². The summed E-state index contributed by atoms with van der Waals surface area (Å²) in [6.07, 6.45) is 0. The number of nitrogens with zero attached hydrogens (tertiary/aromatic N) is 1. The Balaban J connectivity index is 1.75. The van der Waals surface area contributed by atoms with Gasteiger partial charge in [0.2, 0.25) is 10.0 Å². The number of para-hydroxylation sites is 1. The standard InChI is InChI=1S/C17H17BrN2O4S/c18-15-3-1-2-4-16(15)19-17(21)13-5-7-14(8-6-13)25(22,23)20-9-11-24-12-10-20/h1-8H,9-12H2,(H,19,21). The highest BCUT2D eigenvalue weighted by Gasteiger charge is 2.26. The monoisotopic (exact) mass is 424 g/mol. The molecule has 0 atom stereocenters. The number of halogens is 1. The van der Waals surface area contributed by atoms with E-state index in [0.29, 0.717) is 37.6 Å². The number of benzene rings is 2. The van der Waals surface area contributed by atoms with Crippen LogP contribution in [0.15, 0.2) is 57.9 Å². The van der Waals surface area contributed by atoms with E-state index in [1.54, 1.807) is 6.07 Å². The zero-order valence-corrected chi connectivity index (χ0v) is 15.7. The quantitative estimate of drug-likeness (QED) is 0.818.